The summed E-state index contributed by atoms with van der Waals surface area (Å²) in [5, 5.41) is 9.50. The van der Waals surface area contributed by atoms with Crippen molar-refractivity contribution in [1.29, 1.82) is 0 Å². The van der Waals surface area contributed by atoms with E-state index in [1.165, 1.54) is 22.7 Å². The number of thiophene rings is 2. The van der Waals surface area contributed by atoms with Crippen LogP contribution in [0.1, 0.15) is 37.7 Å². The molecular formula is C21H19N3O3S2. The molecule has 148 valence electrons. The number of rotatable bonds is 5. The monoisotopic (exact) mass is 425 g/mol. The van der Waals surface area contributed by atoms with Crippen molar-refractivity contribution in [2.45, 2.75) is 19.8 Å². The molecule has 3 amide bonds. The molecule has 1 aliphatic rings. The predicted molar refractivity (Wildman–Crippen MR) is 117 cm³/mol. The van der Waals surface area contributed by atoms with E-state index in [4.69, 9.17) is 0 Å². The Morgan fingerprint density at radius 2 is 1.59 bits per heavy atom. The summed E-state index contributed by atoms with van der Waals surface area (Å²) < 4.78 is 0. The highest BCUT2D eigenvalue weighted by atomic mass is 32.1. The number of benzene rings is 1. The van der Waals surface area contributed by atoms with Crippen LogP contribution in [0.3, 0.4) is 0 Å². The number of amides is 3. The number of hydrogen-bond donors (Lipinski definition) is 2. The number of nitrogens with zero attached hydrogens (tertiary/aromatic N) is 1. The molecule has 1 aliphatic heterocycles. The zero-order chi connectivity index (χ0) is 20.4. The minimum Gasteiger partial charge on any atom is -0.321 e. The van der Waals surface area contributed by atoms with Crippen LogP contribution < -0.4 is 15.5 Å². The summed E-state index contributed by atoms with van der Waals surface area (Å²) in [7, 11) is 0. The van der Waals surface area contributed by atoms with Gasteiger partial charge in [-0.05, 0) is 53.9 Å². The zero-order valence-corrected chi connectivity index (χ0v) is 17.4. The van der Waals surface area contributed by atoms with E-state index in [1.54, 1.807) is 23.1 Å². The molecule has 4 rings (SSSR count). The van der Waals surface area contributed by atoms with Gasteiger partial charge in [-0.25, -0.2) is 0 Å². The van der Waals surface area contributed by atoms with E-state index >= 15 is 0 Å². The first-order chi connectivity index (χ1) is 14.0. The van der Waals surface area contributed by atoms with Crippen molar-refractivity contribution in [3.63, 3.8) is 0 Å². The van der Waals surface area contributed by atoms with Crippen LogP contribution in [-0.4, -0.2) is 24.3 Å². The van der Waals surface area contributed by atoms with Crippen molar-refractivity contribution in [3.8, 4) is 0 Å². The van der Waals surface area contributed by atoms with Gasteiger partial charge in [0.2, 0.25) is 5.91 Å². The Bertz CT molecular complexity index is 1060. The summed E-state index contributed by atoms with van der Waals surface area (Å²) in [6.45, 7) is 2.49. The van der Waals surface area contributed by atoms with Gasteiger partial charge in [0.25, 0.3) is 11.8 Å². The van der Waals surface area contributed by atoms with E-state index in [1.807, 2.05) is 35.9 Å². The van der Waals surface area contributed by atoms with Gasteiger partial charge in [0, 0.05) is 18.7 Å². The minimum atomic E-state index is -0.243. The van der Waals surface area contributed by atoms with E-state index < -0.39 is 0 Å². The van der Waals surface area contributed by atoms with E-state index in [-0.39, 0.29) is 17.7 Å². The molecule has 0 radical (unpaired) electrons. The fourth-order valence-corrected chi connectivity index (χ4v) is 4.47. The highest BCUT2D eigenvalue weighted by molar-refractivity contribution is 7.12. The molecule has 6 nitrogen and oxygen atoms in total. The fourth-order valence-electron chi connectivity index (χ4n) is 3.24. The maximum absolute atomic E-state index is 12.6. The number of hydrogen-bond acceptors (Lipinski definition) is 5. The van der Waals surface area contributed by atoms with Crippen LogP contribution in [0.5, 0.6) is 0 Å². The lowest BCUT2D eigenvalue weighted by molar-refractivity contribution is -0.117. The van der Waals surface area contributed by atoms with Crippen LogP contribution in [0, 0.1) is 6.92 Å². The average molecular weight is 426 g/mol. The summed E-state index contributed by atoms with van der Waals surface area (Å²) >= 11 is 2.70. The summed E-state index contributed by atoms with van der Waals surface area (Å²) in [5.41, 5.74) is 2.58. The smallest absolute Gasteiger partial charge is 0.265 e. The number of anilines is 3. The van der Waals surface area contributed by atoms with Gasteiger partial charge in [-0.15, -0.1) is 22.7 Å². The molecule has 29 heavy (non-hydrogen) atoms. The topological polar surface area (TPSA) is 78.5 Å². The Hall–Kier alpha value is -2.97. The van der Waals surface area contributed by atoms with Crippen molar-refractivity contribution < 1.29 is 14.4 Å². The number of carbonyl (C=O) groups is 3. The van der Waals surface area contributed by atoms with E-state index in [0.717, 1.165) is 12.0 Å². The molecule has 3 heterocycles. The molecule has 0 saturated carbocycles. The second-order valence-corrected chi connectivity index (χ2v) is 8.59. The Kier molecular flexibility index (Phi) is 5.46. The van der Waals surface area contributed by atoms with Gasteiger partial charge in [-0.3, -0.25) is 14.4 Å². The Labute approximate surface area is 176 Å². The summed E-state index contributed by atoms with van der Waals surface area (Å²) in [6, 6.07) is 10.7. The first-order valence-electron chi connectivity index (χ1n) is 9.17. The second kappa shape index (κ2) is 8.18. The molecule has 0 spiro atoms. The van der Waals surface area contributed by atoms with Crippen LogP contribution >= 0.6 is 22.7 Å². The molecule has 0 aliphatic carbocycles. The lowest BCUT2D eigenvalue weighted by Crippen LogP contribution is -2.26. The molecule has 2 N–H and O–H groups in total. The lowest BCUT2D eigenvalue weighted by atomic mass is 10.1. The molecule has 0 unspecified atom stereocenters. The summed E-state index contributed by atoms with van der Waals surface area (Å²) in [5.74, 6) is -0.415. The number of nitrogens with one attached hydrogen (secondary N) is 2. The first-order valence-corrected chi connectivity index (χ1v) is 10.9. The van der Waals surface area contributed by atoms with Gasteiger partial charge in [0.05, 0.1) is 21.1 Å². The largest absolute Gasteiger partial charge is 0.321 e. The molecule has 2 aromatic heterocycles. The lowest BCUT2D eigenvalue weighted by Gasteiger charge is -2.22. The quantitative estimate of drug-likeness (QED) is 0.619. The van der Waals surface area contributed by atoms with Gasteiger partial charge in [-0.2, -0.15) is 0 Å². The predicted octanol–water partition coefficient (Wildman–Crippen LogP) is 4.75. The standard InChI is InChI=1S/C21H19N3O3S2/c1-13-11-16(24-8-2-7-19(24)25)15(23-21(27)18-6-4-10-29-18)12-14(13)22-20(26)17-5-3-9-28-17/h3-6,9-12H,2,7-8H2,1H3,(H,22,26)(H,23,27). The van der Waals surface area contributed by atoms with Crippen LogP contribution in [0.4, 0.5) is 17.1 Å². The van der Waals surface area contributed by atoms with Gasteiger partial charge in [0.15, 0.2) is 0 Å². The maximum Gasteiger partial charge on any atom is 0.265 e. The Balaban J connectivity index is 1.69. The SMILES string of the molecule is Cc1cc(N2CCCC2=O)c(NC(=O)c2cccs2)cc1NC(=O)c1cccs1. The van der Waals surface area contributed by atoms with Gasteiger partial charge < -0.3 is 15.5 Å². The summed E-state index contributed by atoms with van der Waals surface area (Å²) in [6.07, 6.45) is 1.28. The van der Waals surface area contributed by atoms with Crippen molar-refractivity contribution >= 4 is 57.5 Å². The highest BCUT2D eigenvalue weighted by Crippen LogP contribution is 2.35. The third-order valence-electron chi connectivity index (χ3n) is 4.69. The van der Waals surface area contributed by atoms with Gasteiger partial charge >= 0.3 is 0 Å². The van der Waals surface area contributed by atoms with E-state index in [0.29, 0.717) is 39.8 Å². The van der Waals surface area contributed by atoms with Gasteiger partial charge in [0.1, 0.15) is 0 Å². The number of aryl methyl sites for hydroxylation is 1. The third kappa shape index (κ3) is 4.08. The van der Waals surface area contributed by atoms with Crippen LogP contribution in [0.2, 0.25) is 0 Å². The summed E-state index contributed by atoms with van der Waals surface area (Å²) in [4.78, 5) is 40.3. The first kappa shape index (κ1) is 19.4. The average Bonchev–Trinajstić information content (AvgIpc) is 3.46. The minimum absolute atomic E-state index is 0.0337. The van der Waals surface area contributed by atoms with Crippen molar-refractivity contribution in [1.82, 2.24) is 0 Å². The van der Waals surface area contributed by atoms with Crippen LogP contribution in [-0.2, 0) is 4.79 Å². The molecule has 8 heteroatoms. The molecule has 0 bridgehead atoms. The van der Waals surface area contributed by atoms with Crippen molar-refractivity contribution in [3.05, 3.63) is 62.5 Å². The molecule has 1 saturated heterocycles. The van der Waals surface area contributed by atoms with Crippen LogP contribution in [0.25, 0.3) is 0 Å². The third-order valence-corrected chi connectivity index (χ3v) is 6.43. The Morgan fingerprint density at radius 1 is 0.966 bits per heavy atom. The highest BCUT2D eigenvalue weighted by Gasteiger charge is 2.26. The maximum atomic E-state index is 12.6. The molecule has 0 atom stereocenters. The van der Waals surface area contributed by atoms with Crippen LogP contribution in [0.15, 0.2) is 47.2 Å². The fraction of sp³-hybridized carbons (Fsp3) is 0.190. The molecular weight excluding hydrogens is 406 g/mol. The molecule has 3 aromatic rings. The normalized spacial score (nSPS) is 13.6. The van der Waals surface area contributed by atoms with Crippen molar-refractivity contribution in [2.75, 3.05) is 22.1 Å². The second-order valence-electron chi connectivity index (χ2n) is 6.70. The van der Waals surface area contributed by atoms with Crippen molar-refractivity contribution in [2.24, 2.45) is 0 Å². The molecule has 1 fully saturated rings. The Morgan fingerprint density at radius 3 is 2.10 bits per heavy atom. The van der Waals surface area contributed by atoms with Gasteiger partial charge in [-0.1, -0.05) is 12.1 Å². The molecule has 1 aromatic carbocycles. The number of carbonyl (C=O) groups excluding carboxylic acids is 3. The zero-order valence-electron chi connectivity index (χ0n) is 15.7. The van der Waals surface area contributed by atoms with E-state index in [2.05, 4.69) is 10.6 Å². The van der Waals surface area contributed by atoms with E-state index in [9.17, 15) is 14.4 Å².